The summed E-state index contributed by atoms with van der Waals surface area (Å²) < 4.78 is 0. The fraction of sp³-hybridized carbons (Fsp3) is 0.818. The molecule has 0 aromatic heterocycles. The van der Waals surface area contributed by atoms with Crippen LogP contribution in [0, 0.1) is 0 Å². The molecule has 5 nitrogen and oxygen atoms in total. The summed E-state index contributed by atoms with van der Waals surface area (Å²) >= 11 is 5.32. The molecule has 0 radical (unpaired) electrons. The van der Waals surface area contributed by atoms with Gasteiger partial charge >= 0.3 is 6.03 Å². The maximum Gasteiger partial charge on any atom is 0.321 e. The molecule has 0 aromatic rings. The lowest BCUT2D eigenvalue weighted by atomic mass is 9.99. The molecule has 6 heteroatoms. The number of carbonyl (C=O) groups is 2. The van der Waals surface area contributed by atoms with E-state index in [9.17, 15) is 9.59 Å². The molecule has 2 atom stereocenters. The standard InChI is InChI=1S/C11H18ClN3O2/c12-7-10(16)14-11(17)13-8-4-6-15-5-2-1-3-9(8)15/h8-9H,1-7H2,(H2,13,14,16,17). The second kappa shape index (κ2) is 5.69. The van der Waals surface area contributed by atoms with Gasteiger partial charge in [0.25, 0.3) is 0 Å². The number of carbonyl (C=O) groups excluding carboxylic acids is 2. The number of alkyl halides is 1. The van der Waals surface area contributed by atoms with Crippen molar-refractivity contribution in [1.82, 2.24) is 15.5 Å². The normalized spacial score (nSPS) is 28.5. The summed E-state index contributed by atoms with van der Waals surface area (Å²) in [7, 11) is 0. The molecule has 0 aromatic carbocycles. The van der Waals surface area contributed by atoms with E-state index in [0.717, 1.165) is 25.9 Å². The fourth-order valence-corrected chi connectivity index (χ4v) is 2.85. The minimum Gasteiger partial charge on any atom is -0.333 e. The van der Waals surface area contributed by atoms with Gasteiger partial charge in [0.1, 0.15) is 5.88 Å². The van der Waals surface area contributed by atoms with E-state index < -0.39 is 11.9 Å². The smallest absolute Gasteiger partial charge is 0.321 e. The Kier molecular flexibility index (Phi) is 4.23. The lowest BCUT2D eigenvalue weighted by Crippen LogP contribution is -2.50. The van der Waals surface area contributed by atoms with Gasteiger partial charge in [-0.25, -0.2) is 4.79 Å². The minimum absolute atomic E-state index is 0.165. The van der Waals surface area contributed by atoms with Crippen molar-refractivity contribution in [3.63, 3.8) is 0 Å². The lowest BCUT2D eigenvalue weighted by molar-refractivity contribution is -0.117. The van der Waals surface area contributed by atoms with Gasteiger partial charge in [-0.2, -0.15) is 0 Å². The maximum absolute atomic E-state index is 11.5. The third kappa shape index (κ3) is 3.10. The number of nitrogens with zero attached hydrogens (tertiary/aromatic N) is 1. The van der Waals surface area contributed by atoms with E-state index in [1.54, 1.807) is 0 Å². The number of urea groups is 1. The number of amides is 3. The molecule has 17 heavy (non-hydrogen) atoms. The molecule has 3 amide bonds. The number of hydrogen-bond acceptors (Lipinski definition) is 3. The Balaban J connectivity index is 1.82. The van der Waals surface area contributed by atoms with Gasteiger partial charge in [-0.1, -0.05) is 6.42 Å². The van der Waals surface area contributed by atoms with Gasteiger partial charge in [0.15, 0.2) is 0 Å². The summed E-state index contributed by atoms with van der Waals surface area (Å²) in [4.78, 5) is 24.9. The lowest BCUT2D eigenvalue weighted by Gasteiger charge is -2.32. The van der Waals surface area contributed by atoms with Gasteiger partial charge < -0.3 is 5.32 Å². The molecular formula is C11H18ClN3O2. The molecular weight excluding hydrogens is 242 g/mol. The van der Waals surface area contributed by atoms with Gasteiger partial charge in [-0.15, -0.1) is 11.6 Å². The number of nitrogens with one attached hydrogen (secondary N) is 2. The summed E-state index contributed by atoms with van der Waals surface area (Å²) in [6, 6.07) is 0.187. The first-order chi connectivity index (χ1) is 8.20. The van der Waals surface area contributed by atoms with Crippen LogP contribution in [0.2, 0.25) is 0 Å². The molecule has 2 unspecified atom stereocenters. The number of halogens is 1. The van der Waals surface area contributed by atoms with Crippen molar-refractivity contribution in [2.45, 2.75) is 37.8 Å². The van der Waals surface area contributed by atoms with Crippen LogP contribution in [0.5, 0.6) is 0 Å². The van der Waals surface area contributed by atoms with Crippen LogP contribution in [-0.4, -0.2) is 47.9 Å². The van der Waals surface area contributed by atoms with E-state index in [1.165, 1.54) is 12.8 Å². The zero-order chi connectivity index (χ0) is 12.3. The van der Waals surface area contributed by atoms with Gasteiger partial charge in [0.05, 0.1) is 0 Å². The van der Waals surface area contributed by atoms with Crippen molar-refractivity contribution in [2.75, 3.05) is 19.0 Å². The highest BCUT2D eigenvalue weighted by Crippen LogP contribution is 2.26. The Bertz CT molecular complexity index is 311. The average Bonchev–Trinajstić information content (AvgIpc) is 2.72. The molecule has 2 heterocycles. The minimum atomic E-state index is -0.456. The molecule has 2 fully saturated rings. The highest BCUT2D eigenvalue weighted by atomic mass is 35.5. The predicted octanol–water partition coefficient (Wildman–Crippen LogP) is 0.678. The highest BCUT2D eigenvalue weighted by Gasteiger charge is 2.36. The number of rotatable bonds is 2. The summed E-state index contributed by atoms with van der Waals surface area (Å²) in [5, 5.41) is 5.08. The Morgan fingerprint density at radius 1 is 1.24 bits per heavy atom. The van der Waals surface area contributed by atoms with Crippen LogP contribution in [0.15, 0.2) is 0 Å². The van der Waals surface area contributed by atoms with Crippen molar-refractivity contribution in [3.05, 3.63) is 0 Å². The zero-order valence-corrected chi connectivity index (χ0v) is 10.5. The van der Waals surface area contributed by atoms with E-state index >= 15 is 0 Å². The molecule has 2 saturated heterocycles. The first kappa shape index (κ1) is 12.6. The first-order valence-corrected chi connectivity index (χ1v) is 6.64. The van der Waals surface area contributed by atoms with Gasteiger partial charge in [-0.3, -0.25) is 15.0 Å². The van der Waals surface area contributed by atoms with Crippen molar-refractivity contribution in [2.24, 2.45) is 0 Å². The summed E-state index contributed by atoms with van der Waals surface area (Å²) in [6.45, 7) is 2.17. The van der Waals surface area contributed by atoms with E-state index in [-0.39, 0.29) is 11.9 Å². The highest BCUT2D eigenvalue weighted by molar-refractivity contribution is 6.28. The Labute approximate surface area is 106 Å². The summed E-state index contributed by atoms with van der Waals surface area (Å²) in [5.41, 5.74) is 0. The van der Waals surface area contributed by atoms with Crippen LogP contribution in [0.4, 0.5) is 4.79 Å². The third-order valence-corrected chi connectivity index (χ3v) is 3.79. The van der Waals surface area contributed by atoms with Crippen LogP contribution in [-0.2, 0) is 4.79 Å². The van der Waals surface area contributed by atoms with Crippen LogP contribution in [0.1, 0.15) is 25.7 Å². The van der Waals surface area contributed by atoms with E-state index in [4.69, 9.17) is 11.6 Å². The number of imide groups is 1. The first-order valence-electron chi connectivity index (χ1n) is 6.11. The van der Waals surface area contributed by atoms with Crippen LogP contribution in [0.25, 0.3) is 0 Å². The molecule has 0 bridgehead atoms. The van der Waals surface area contributed by atoms with E-state index in [2.05, 4.69) is 15.5 Å². The second-order valence-electron chi connectivity index (χ2n) is 4.65. The van der Waals surface area contributed by atoms with Gasteiger partial charge in [0, 0.05) is 18.6 Å². The Morgan fingerprint density at radius 3 is 2.82 bits per heavy atom. The molecule has 2 rings (SSSR count). The largest absolute Gasteiger partial charge is 0.333 e. The van der Waals surface area contributed by atoms with E-state index in [0.29, 0.717) is 6.04 Å². The number of hydrogen-bond donors (Lipinski definition) is 2. The van der Waals surface area contributed by atoms with Crippen molar-refractivity contribution in [3.8, 4) is 0 Å². The molecule has 2 N–H and O–H groups in total. The fourth-order valence-electron chi connectivity index (χ4n) is 2.78. The number of piperidine rings is 1. The molecule has 0 aliphatic carbocycles. The number of fused-ring (bicyclic) bond motifs is 1. The van der Waals surface area contributed by atoms with Crippen molar-refractivity contribution in [1.29, 1.82) is 0 Å². The Hall–Kier alpha value is -0.810. The summed E-state index contributed by atoms with van der Waals surface area (Å²) in [6.07, 6.45) is 4.57. The quantitative estimate of drug-likeness (QED) is 0.717. The van der Waals surface area contributed by atoms with Crippen molar-refractivity contribution >= 4 is 23.5 Å². The maximum atomic E-state index is 11.5. The van der Waals surface area contributed by atoms with E-state index in [1.807, 2.05) is 0 Å². The second-order valence-corrected chi connectivity index (χ2v) is 4.92. The molecule has 2 aliphatic heterocycles. The van der Waals surface area contributed by atoms with Gasteiger partial charge in [0.2, 0.25) is 5.91 Å². The molecule has 0 saturated carbocycles. The average molecular weight is 260 g/mol. The Morgan fingerprint density at radius 2 is 2.06 bits per heavy atom. The predicted molar refractivity (Wildman–Crippen MR) is 65.0 cm³/mol. The van der Waals surface area contributed by atoms with Crippen LogP contribution >= 0.6 is 11.6 Å². The summed E-state index contributed by atoms with van der Waals surface area (Å²) in [5.74, 6) is -0.643. The third-order valence-electron chi connectivity index (χ3n) is 3.55. The SMILES string of the molecule is O=C(CCl)NC(=O)NC1CCN2CCCCC12. The molecule has 96 valence electrons. The zero-order valence-electron chi connectivity index (χ0n) is 9.75. The molecule has 0 spiro atoms. The van der Waals surface area contributed by atoms with Crippen LogP contribution < -0.4 is 10.6 Å². The topological polar surface area (TPSA) is 61.4 Å². The van der Waals surface area contributed by atoms with Gasteiger partial charge in [-0.05, 0) is 25.8 Å². The monoisotopic (exact) mass is 259 g/mol. The molecule has 2 aliphatic rings. The van der Waals surface area contributed by atoms with Crippen molar-refractivity contribution < 1.29 is 9.59 Å². The van der Waals surface area contributed by atoms with Crippen LogP contribution in [0.3, 0.4) is 0 Å².